The van der Waals surface area contributed by atoms with Crippen LogP contribution in [0.15, 0.2) is 99.7 Å². The van der Waals surface area contributed by atoms with Crippen LogP contribution in [-0.4, -0.2) is 17.5 Å². The summed E-state index contributed by atoms with van der Waals surface area (Å²) < 4.78 is 5.68. The fourth-order valence-corrected chi connectivity index (χ4v) is 3.91. The Bertz CT molecular complexity index is 1130. The van der Waals surface area contributed by atoms with Gasteiger partial charge < -0.3 is 15.1 Å². The highest BCUT2D eigenvalue weighted by Gasteiger charge is 2.42. The van der Waals surface area contributed by atoms with Crippen LogP contribution in [0.4, 0.5) is 11.4 Å². The number of benzene rings is 2. The van der Waals surface area contributed by atoms with Gasteiger partial charge in [0.15, 0.2) is 0 Å². The van der Waals surface area contributed by atoms with Gasteiger partial charge in [0.1, 0.15) is 5.76 Å². The minimum Gasteiger partial charge on any atom is -0.469 e. The number of nitrogens with zero attached hydrogens (tertiary/aromatic N) is 1. The molecular weight excluding hydrogens is 390 g/mol. The van der Waals surface area contributed by atoms with E-state index < -0.39 is 11.8 Å². The number of carbonyl (C=O) groups excluding carboxylic acids is 2. The molecule has 0 spiro atoms. The average molecular weight is 413 g/mol. The van der Waals surface area contributed by atoms with Crippen LogP contribution in [0.25, 0.3) is 0 Å². The fourth-order valence-electron chi connectivity index (χ4n) is 3.91. The smallest absolute Gasteiger partial charge is 0.254 e. The average Bonchev–Trinajstić information content (AvgIpc) is 3.29. The van der Waals surface area contributed by atoms with Crippen molar-refractivity contribution in [1.82, 2.24) is 0 Å². The van der Waals surface area contributed by atoms with E-state index in [9.17, 15) is 9.59 Å². The van der Waals surface area contributed by atoms with Gasteiger partial charge in [-0.25, -0.2) is 0 Å². The van der Waals surface area contributed by atoms with Gasteiger partial charge in [-0.2, -0.15) is 0 Å². The van der Waals surface area contributed by atoms with Gasteiger partial charge in [0.2, 0.25) is 5.91 Å². The molecule has 0 saturated carbocycles. The summed E-state index contributed by atoms with van der Waals surface area (Å²) in [6, 6.07) is 22.0. The van der Waals surface area contributed by atoms with E-state index in [0.717, 1.165) is 0 Å². The summed E-state index contributed by atoms with van der Waals surface area (Å²) in [7, 11) is 0. The number of carbonyl (C=O) groups is 2. The summed E-state index contributed by atoms with van der Waals surface area (Å²) in [5.74, 6) is -1.29. The second-order valence-corrected chi connectivity index (χ2v) is 7.40. The van der Waals surface area contributed by atoms with Gasteiger partial charge in [0.25, 0.3) is 5.91 Å². The van der Waals surface area contributed by atoms with Crippen LogP contribution in [-0.2, 0) is 9.59 Å². The Morgan fingerprint density at radius 3 is 2.03 bits per heavy atom. The Morgan fingerprint density at radius 2 is 1.45 bits per heavy atom. The normalized spacial score (nSPS) is 18.3. The molecule has 2 aromatic carbocycles. The highest BCUT2D eigenvalue weighted by atomic mass is 16.3. The lowest BCUT2D eigenvalue weighted by Gasteiger charge is -2.31. The molecule has 1 aliphatic heterocycles. The molecule has 2 atom stereocenters. The largest absolute Gasteiger partial charge is 0.469 e. The van der Waals surface area contributed by atoms with Gasteiger partial charge >= 0.3 is 0 Å². The summed E-state index contributed by atoms with van der Waals surface area (Å²) in [6.45, 7) is 3.59. The molecule has 0 fully saturated rings. The molecule has 2 amide bonds. The number of anilines is 2. The summed E-state index contributed by atoms with van der Waals surface area (Å²) in [5, 5.41) is 5.86. The Balaban J connectivity index is 1.71. The minimum atomic E-state index is -0.688. The molecule has 0 saturated heterocycles. The molecule has 1 aliphatic rings. The van der Waals surface area contributed by atoms with Crippen LogP contribution in [0.5, 0.6) is 0 Å². The molecule has 2 unspecified atom stereocenters. The van der Waals surface area contributed by atoms with Crippen molar-refractivity contribution in [2.75, 3.05) is 10.6 Å². The first-order valence-corrected chi connectivity index (χ1v) is 10.1. The Hall–Kier alpha value is -3.93. The summed E-state index contributed by atoms with van der Waals surface area (Å²) in [5.41, 5.74) is 2.96. The van der Waals surface area contributed by atoms with Crippen molar-refractivity contribution >= 4 is 28.9 Å². The zero-order valence-electron chi connectivity index (χ0n) is 17.3. The standard InChI is InChI=1S/C25H23N3O3/c1-16-21(24(29)27-18-10-5-3-6-11-18)23(20-14-9-15-31-20)22(17(2)26-16)25(30)28-19-12-7-4-8-13-19/h3-15,21,23H,1-2H3,(H,27,29)(H,28,30). The molecule has 0 bridgehead atoms. The molecule has 6 heteroatoms. The molecule has 31 heavy (non-hydrogen) atoms. The molecule has 156 valence electrons. The molecule has 2 N–H and O–H groups in total. The van der Waals surface area contributed by atoms with Crippen molar-refractivity contribution in [2.24, 2.45) is 10.9 Å². The maximum Gasteiger partial charge on any atom is 0.254 e. The van der Waals surface area contributed by atoms with Gasteiger partial charge in [-0.3, -0.25) is 14.6 Å². The molecule has 3 aromatic rings. The summed E-state index contributed by atoms with van der Waals surface area (Å²) >= 11 is 0. The van der Waals surface area contributed by atoms with E-state index in [0.29, 0.717) is 34.1 Å². The molecule has 0 radical (unpaired) electrons. The molecular formula is C25H23N3O3. The minimum absolute atomic E-state index is 0.244. The van der Waals surface area contributed by atoms with E-state index >= 15 is 0 Å². The van der Waals surface area contributed by atoms with E-state index in [1.165, 1.54) is 0 Å². The fraction of sp³-hybridized carbons (Fsp3) is 0.160. The van der Waals surface area contributed by atoms with E-state index in [-0.39, 0.29) is 11.8 Å². The van der Waals surface area contributed by atoms with Crippen molar-refractivity contribution in [3.8, 4) is 0 Å². The molecule has 2 heterocycles. The molecule has 4 rings (SSSR count). The topological polar surface area (TPSA) is 83.7 Å². The first-order valence-electron chi connectivity index (χ1n) is 10.1. The van der Waals surface area contributed by atoms with E-state index in [4.69, 9.17) is 4.42 Å². The number of hydrogen-bond donors (Lipinski definition) is 2. The second-order valence-electron chi connectivity index (χ2n) is 7.40. The third-order valence-corrected chi connectivity index (χ3v) is 5.28. The zero-order chi connectivity index (χ0) is 21.8. The number of allylic oxidation sites excluding steroid dienone is 1. The maximum absolute atomic E-state index is 13.3. The van der Waals surface area contributed by atoms with Gasteiger partial charge in [-0.15, -0.1) is 0 Å². The van der Waals surface area contributed by atoms with Crippen LogP contribution in [0, 0.1) is 5.92 Å². The van der Waals surface area contributed by atoms with Gasteiger partial charge in [0.05, 0.1) is 23.7 Å². The van der Waals surface area contributed by atoms with Gasteiger partial charge in [-0.1, -0.05) is 36.4 Å². The highest BCUT2D eigenvalue weighted by Crippen LogP contribution is 2.40. The lowest BCUT2D eigenvalue weighted by atomic mass is 9.77. The number of para-hydroxylation sites is 2. The van der Waals surface area contributed by atoms with E-state index in [1.54, 1.807) is 32.2 Å². The van der Waals surface area contributed by atoms with Crippen LogP contribution < -0.4 is 10.6 Å². The lowest BCUT2D eigenvalue weighted by molar-refractivity contribution is -0.118. The Labute approximate surface area is 180 Å². The van der Waals surface area contributed by atoms with Crippen LogP contribution in [0.1, 0.15) is 25.5 Å². The molecule has 0 aliphatic carbocycles. The third kappa shape index (κ3) is 4.33. The van der Waals surface area contributed by atoms with Crippen molar-refractivity contribution in [3.63, 3.8) is 0 Å². The SMILES string of the molecule is CC1=NC(C)=C(C(=O)Nc2ccccc2)C(c2ccco2)C1C(=O)Nc1ccccc1. The number of aliphatic imine (C=N–C) groups is 1. The number of amides is 2. The quantitative estimate of drug-likeness (QED) is 0.617. The van der Waals surface area contributed by atoms with E-state index in [2.05, 4.69) is 15.6 Å². The monoisotopic (exact) mass is 413 g/mol. The van der Waals surface area contributed by atoms with Crippen LogP contribution in [0.2, 0.25) is 0 Å². The highest BCUT2D eigenvalue weighted by molar-refractivity contribution is 6.14. The zero-order valence-corrected chi connectivity index (χ0v) is 17.3. The third-order valence-electron chi connectivity index (χ3n) is 5.28. The first-order chi connectivity index (χ1) is 15.0. The van der Waals surface area contributed by atoms with Crippen molar-refractivity contribution in [3.05, 3.63) is 96.1 Å². The molecule has 1 aromatic heterocycles. The van der Waals surface area contributed by atoms with Crippen molar-refractivity contribution in [1.29, 1.82) is 0 Å². The first kappa shape index (κ1) is 20.3. The summed E-state index contributed by atoms with van der Waals surface area (Å²) in [6.07, 6.45) is 1.55. The number of rotatable bonds is 5. The summed E-state index contributed by atoms with van der Waals surface area (Å²) in [4.78, 5) is 31.2. The Kier molecular flexibility index (Phi) is 5.80. The maximum atomic E-state index is 13.3. The number of nitrogens with one attached hydrogen (secondary N) is 2. The van der Waals surface area contributed by atoms with Crippen molar-refractivity contribution in [2.45, 2.75) is 19.8 Å². The predicted molar refractivity (Wildman–Crippen MR) is 121 cm³/mol. The van der Waals surface area contributed by atoms with Crippen LogP contribution >= 0.6 is 0 Å². The van der Waals surface area contributed by atoms with Crippen LogP contribution in [0.3, 0.4) is 0 Å². The van der Waals surface area contributed by atoms with Crippen molar-refractivity contribution < 1.29 is 14.0 Å². The number of hydrogen-bond acceptors (Lipinski definition) is 4. The second kappa shape index (κ2) is 8.83. The Morgan fingerprint density at radius 1 is 0.839 bits per heavy atom. The van der Waals surface area contributed by atoms with Gasteiger partial charge in [-0.05, 0) is 50.2 Å². The predicted octanol–water partition coefficient (Wildman–Crippen LogP) is 5.01. The lowest BCUT2D eigenvalue weighted by Crippen LogP contribution is -2.39. The van der Waals surface area contributed by atoms with E-state index in [1.807, 2.05) is 60.7 Å². The van der Waals surface area contributed by atoms with Gasteiger partial charge in [0, 0.05) is 22.8 Å². The molecule has 6 nitrogen and oxygen atoms in total. The number of furan rings is 1.